The molecule has 1 saturated carbocycles. The molecule has 0 amide bonds. The molecule has 0 heterocycles. The first-order valence-electron chi connectivity index (χ1n) is 7.00. The molecular weight excluding hydrogens is 254 g/mol. The molecule has 0 radical (unpaired) electrons. The monoisotopic (exact) mass is 277 g/mol. The van der Waals surface area contributed by atoms with E-state index in [-0.39, 0.29) is 11.5 Å². The first-order chi connectivity index (χ1) is 9.53. The Hall–Kier alpha value is -1.91. The Morgan fingerprint density at radius 2 is 2.05 bits per heavy atom. The molecule has 0 aromatic heterocycles. The Morgan fingerprint density at radius 1 is 1.40 bits per heavy atom. The first-order valence-corrected chi connectivity index (χ1v) is 7.00. The molecular formula is C15H23N3O2. The number of anilines is 1. The van der Waals surface area contributed by atoms with Crippen molar-refractivity contribution in [1.82, 2.24) is 0 Å². The van der Waals surface area contributed by atoms with Crippen LogP contribution in [-0.2, 0) is 0 Å². The van der Waals surface area contributed by atoms with Crippen molar-refractivity contribution < 1.29 is 9.94 Å². The van der Waals surface area contributed by atoms with Gasteiger partial charge in [0.1, 0.15) is 11.6 Å². The standard InChI is InChI=1S/C15H23N3O2/c1-11(2)20-13-5-3-12(4-6-13)17-10-15(7-8-15)9-14(16)18-19/h3-6,11,17,19H,7-10H2,1-2H3,(H2,16,18). The van der Waals surface area contributed by atoms with Crippen molar-refractivity contribution >= 4 is 11.5 Å². The Bertz CT molecular complexity index is 465. The predicted octanol–water partition coefficient (Wildman–Crippen LogP) is 2.80. The normalized spacial score (nSPS) is 17.1. The van der Waals surface area contributed by atoms with Crippen LogP contribution in [0.5, 0.6) is 5.75 Å². The van der Waals surface area contributed by atoms with Crippen LogP contribution in [-0.4, -0.2) is 23.7 Å². The fourth-order valence-electron chi connectivity index (χ4n) is 2.23. The van der Waals surface area contributed by atoms with Gasteiger partial charge in [-0.3, -0.25) is 0 Å². The highest BCUT2D eigenvalue weighted by Crippen LogP contribution is 2.48. The molecule has 0 atom stereocenters. The highest BCUT2D eigenvalue weighted by Gasteiger charge is 2.43. The molecule has 1 aliphatic rings. The molecule has 0 unspecified atom stereocenters. The van der Waals surface area contributed by atoms with Gasteiger partial charge >= 0.3 is 0 Å². The van der Waals surface area contributed by atoms with E-state index in [0.29, 0.717) is 12.3 Å². The van der Waals surface area contributed by atoms with E-state index < -0.39 is 0 Å². The highest BCUT2D eigenvalue weighted by molar-refractivity contribution is 5.80. The quantitative estimate of drug-likeness (QED) is 0.310. The lowest BCUT2D eigenvalue weighted by Gasteiger charge is -2.16. The van der Waals surface area contributed by atoms with Gasteiger partial charge in [-0.05, 0) is 56.4 Å². The van der Waals surface area contributed by atoms with Gasteiger partial charge in [-0.15, -0.1) is 0 Å². The smallest absolute Gasteiger partial charge is 0.139 e. The van der Waals surface area contributed by atoms with E-state index in [9.17, 15) is 0 Å². The summed E-state index contributed by atoms with van der Waals surface area (Å²) >= 11 is 0. The molecule has 2 rings (SSSR count). The predicted molar refractivity (Wildman–Crippen MR) is 80.4 cm³/mol. The van der Waals surface area contributed by atoms with Crippen molar-refractivity contribution in [3.63, 3.8) is 0 Å². The fraction of sp³-hybridized carbons (Fsp3) is 0.533. The second-order valence-corrected chi connectivity index (χ2v) is 5.81. The summed E-state index contributed by atoms with van der Waals surface area (Å²) < 4.78 is 5.61. The van der Waals surface area contributed by atoms with E-state index in [0.717, 1.165) is 30.8 Å². The Labute approximate surface area is 119 Å². The first kappa shape index (κ1) is 14.5. The molecule has 0 bridgehead atoms. The number of amidine groups is 1. The largest absolute Gasteiger partial charge is 0.491 e. The Morgan fingerprint density at radius 3 is 2.55 bits per heavy atom. The van der Waals surface area contributed by atoms with Gasteiger partial charge < -0.3 is 21.0 Å². The van der Waals surface area contributed by atoms with E-state index in [1.165, 1.54) is 0 Å². The minimum Gasteiger partial charge on any atom is -0.491 e. The van der Waals surface area contributed by atoms with E-state index in [1.807, 2.05) is 38.1 Å². The SMILES string of the molecule is CC(C)Oc1ccc(NCC2(CC(N)=NO)CC2)cc1. The van der Waals surface area contributed by atoms with Crippen molar-refractivity contribution in [2.45, 2.75) is 39.2 Å². The number of benzene rings is 1. The zero-order valence-corrected chi connectivity index (χ0v) is 12.1. The summed E-state index contributed by atoms with van der Waals surface area (Å²) in [4.78, 5) is 0. The molecule has 5 heteroatoms. The molecule has 1 fully saturated rings. The molecule has 0 spiro atoms. The van der Waals surface area contributed by atoms with Gasteiger partial charge in [0.05, 0.1) is 6.10 Å². The third kappa shape index (κ3) is 4.05. The van der Waals surface area contributed by atoms with Crippen LogP contribution in [0, 0.1) is 5.41 Å². The van der Waals surface area contributed by atoms with Gasteiger partial charge in [0.15, 0.2) is 0 Å². The van der Waals surface area contributed by atoms with Crippen molar-refractivity contribution in [1.29, 1.82) is 0 Å². The number of nitrogens with one attached hydrogen (secondary N) is 1. The molecule has 1 aromatic carbocycles. The van der Waals surface area contributed by atoms with Crippen molar-refractivity contribution in [3.05, 3.63) is 24.3 Å². The van der Waals surface area contributed by atoms with E-state index in [4.69, 9.17) is 15.7 Å². The van der Waals surface area contributed by atoms with Gasteiger partial charge in [-0.2, -0.15) is 0 Å². The molecule has 20 heavy (non-hydrogen) atoms. The van der Waals surface area contributed by atoms with E-state index in [2.05, 4.69) is 10.5 Å². The van der Waals surface area contributed by atoms with Crippen molar-refractivity contribution in [2.24, 2.45) is 16.3 Å². The summed E-state index contributed by atoms with van der Waals surface area (Å²) in [7, 11) is 0. The summed E-state index contributed by atoms with van der Waals surface area (Å²) in [6, 6.07) is 7.95. The van der Waals surface area contributed by atoms with Gasteiger partial charge in [0, 0.05) is 18.7 Å². The summed E-state index contributed by atoms with van der Waals surface area (Å²) in [5.41, 5.74) is 6.81. The number of hydrogen-bond acceptors (Lipinski definition) is 4. The average Bonchev–Trinajstić information content (AvgIpc) is 3.17. The van der Waals surface area contributed by atoms with Gasteiger partial charge in [-0.1, -0.05) is 5.16 Å². The van der Waals surface area contributed by atoms with Crippen LogP contribution < -0.4 is 15.8 Å². The lowest BCUT2D eigenvalue weighted by atomic mass is 10.0. The van der Waals surface area contributed by atoms with Crippen molar-refractivity contribution in [2.75, 3.05) is 11.9 Å². The Kier molecular flexibility index (Phi) is 4.37. The van der Waals surface area contributed by atoms with Crippen molar-refractivity contribution in [3.8, 4) is 5.75 Å². The van der Waals surface area contributed by atoms with Crippen LogP contribution in [0.3, 0.4) is 0 Å². The lowest BCUT2D eigenvalue weighted by molar-refractivity contribution is 0.242. The Balaban J connectivity index is 1.85. The maximum absolute atomic E-state index is 8.64. The van der Waals surface area contributed by atoms with Gasteiger partial charge in [-0.25, -0.2) is 0 Å². The number of nitrogens with zero attached hydrogens (tertiary/aromatic N) is 1. The van der Waals surface area contributed by atoms with Crippen LogP contribution in [0.2, 0.25) is 0 Å². The second-order valence-electron chi connectivity index (χ2n) is 5.81. The molecule has 1 aromatic rings. The minimum atomic E-state index is 0.156. The number of oxime groups is 1. The zero-order chi connectivity index (χ0) is 14.6. The van der Waals surface area contributed by atoms with Gasteiger partial charge in [0.25, 0.3) is 0 Å². The summed E-state index contributed by atoms with van der Waals surface area (Å²) in [6.45, 7) is 4.86. The summed E-state index contributed by atoms with van der Waals surface area (Å²) in [6.07, 6.45) is 3.06. The van der Waals surface area contributed by atoms with E-state index >= 15 is 0 Å². The number of hydrogen-bond donors (Lipinski definition) is 3. The van der Waals surface area contributed by atoms with Crippen LogP contribution in [0.4, 0.5) is 5.69 Å². The van der Waals surface area contributed by atoms with E-state index in [1.54, 1.807) is 0 Å². The number of nitrogens with two attached hydrogens (primary N) is 1. The van der Waals surface area contributed by atoms with Crippen LogP contribution in [0.1, 0.15) is 33.1 Å². The third-order valence-electron chi connectivity index (χ3n) is 3.54. The molecule has 5 nitrogen and oxygen atoms in total. The molecule has 0 aliphatic heterocycles. The third-order valence-corrected chi connectivity index (χ3v) is 3.54. The molecule has 1 aliphatic carbocycles. The maximum Gasteiger partial charge on any atom is 0.139 e. The van der Waals surface area contributed by atoms with Crippen LogP contribution in [0.25, 0.3) is 0 Å². The summed E-state index contributed by atoms with van der Waals surface area (Å²) in [5, 5.41) is 15.1. The molecule has 4 N–H and O–H groups in total. The topological polar surface area (TPSA) is 79.9 Å². The zero-order valence-electron chi connectivity index (χ0n) is 12.1. The molecule has 110 valence electrons. The number of ether oxygens (including phenoxy) is 1. The fourth-order valence-corrected chi connectivity index (χ4v) is 2.23. The average molecular weight is 277 g/mol. The maximum atomic E-state index is 8.64. The summed E-state index contributed by atoms with van der Waals surface area (Å²) in [5.74, 6) is 1.19. The second kappa shape index (κ2) is 6.03. The minimum absolute atomic E-state index is 0.156. The van der Waals surface area contributed by atoms with Crippen LogP contribution in [0.15, 0.2) is 29.4 Å². The highest BCUT2D eigenvalue weighted by atomic mass is 16.5. The lowest BCUT2D eigenvalue weighted by Crippen LogP contribution is -2.23. The molecule has 0 saturated heterocycles. The number of rotatable bonds is 7. The van der Waals surface area contributed by atoms with Gasteiger partial charge in [0.2, 0.25) is 0 Å². The van der Waals surface area contributed by atoms with Crippen LogP contribution >= 0.6 is 0 Å².